The number of ether oxygens (including phenoxy) is 3. The third-order valence-corrected chi connectivity index (χ3v) is 4.98. The molecular weight excluding hydrogens is 332 g/mol. The van der Waals surface area contributed by atoms with Crippen LogP contribution in [-0.4, -0.2) is 53.5 Å². The maximum absolute atomic E-state index is 6.13. The lowest BCUT2D eigenvalue weighted by Crippen LogP contribution is -2.66. The Kier molecular flexibility index (Phi) is 4.74. The molecule has 0 radical (unpaired) electrons. The molecule has 138 valence electrons. The summed E-state index contributed by atoms with van der Waals surface area (Å²) in [5.41, 5.74) is 1.86. The van der Waals surface area contributed by atoms with Gasteiger partial charge in [-0.3, -0.25) is 4.98 Å². The predicted octanol–water partition coefficient (Wildman–Crippen LogP) is 2.14. The maximum atomic E-state index is 6.13. The van der Waals surface area contributed by atoms with Crippen LogP contribution in [-0.2, 0) is 16.1 Å². The van der Waals surface area contributed by atoms with Crippen LogP contribution in [0.5, 0.6) is 5.88 Å². The van der Waals surface area contributed by atoms with Crippen LogP contribution in [0, 0.1) is 6.92 Å². The highest BCUT2D eigenvalue weighted by molar-refractivity contribution is 5.45. The van der Waals surface area contributed by atoms with Crippen LogP contribution >= 0.6 is 0 Å². The fraction of sp³-hybridized carbons (Fsp3) is 0.526. The summed E-state index contributed by atoms with van der Waals surface area (Å²) in [5, 5.41) is 0. The summed E-state index contributed by atoms with van der Waals surface area (Å²) in [5.74, 6) is 1.45. The molecule has 1 spiro atoms. The van der Waals surface area contributed by atoms with E-state index >= 15 is 0 Å². The molecule has 0 aromatic carbocycles. The van der Waals surface area contributed by atoms with Gasteiger partial charge < -0.3 is 19.1 Å². The van der Waals surface area contributed by atoms with E-state index in [1.807, 2.05) is 31.2 Å². The molecular formula is C19H24N4O3. The van der Waals surface area contributed by atoms with E-state index in [4.69, 9.17) is 14.2 Å². The SMILES string of the molecule is COc1cc(N2CC3(C[C@H](OCc4cccc(C)n4)CCO3)C2)ncn1. The average molecular weight is 356 g/mol. The second-order valence-electron chi connectivity index (χ2n) is 7.00. The lowest BCUT2D eigenvalue weighted by molar-refractivity contribution is -0.148. The van der Waals surface area contributed by atoms with Gasteiger partial charge >= 0.3 is 0 Å². The molecule has 2 aromatic heterocycles. The molecule has 7 heteroatoms. The van der Waals surface area contributed by atoms with Gasteiger partial charge in [0.1, 0.15) is 17.7 Å². The summed E-state index contributed by atoms with van der Waals surface area (Å²) in [7, 11) is 1.61. The number of pyridine rings is 1. The first-order valence-corrected chi connectivity index (χ1v) is 8.95. The molecule has 0 saturated carbocycles. The van der Waals surface area contributed by atoms with Gasteiger partial charge in [-0.1, -0.05) is 6.07 Å². The molecule has 2 aromatic rings. The maximum Gasteiger partial charge on any atom is 0.218 e. The Balaban J connectivity index is 1.33. The van der Waals surface area contributed by atoms with E-state index in [0.29, 0.717) is 12.5 Å². The first-order chi connectivity index (χ1) is 12.7. The highest BCUT2D eigenvalue weighted by Gasteiger charge is 2.48. The van der Waals surface area contributed by atoms with Crippen molar-refractivity contribution in [2.24, 2.45) is 0 Å². The Labute approximate surface area is 153 Å². The second-order valence-corrected chi connectivity index (χ2v) is 7.00. The first-order valence-electron chi connectivity index (χ1n) is 8.95. The van der Waals surface area contributed by atoms with Crippen LogP contribution in [0.3, 0.4) is 0 Å². The van der Waals surface area contributed by atoms with Crippen LogP contribution in [0.4, 0.5) is 5.82 Å². The molecule has 2 aliphatic rings. The van der Waals surface area contributed by atoms with E-state index in [9.17, 15) is 0 Å². The predicted molar refractivity (Wildman–Crippen MR) is 96.3 cm³/mol. The minimum absolute atomic E-state index is 0.138. The lowest BCUT2D eigenvalue weighted by atomic mass is 9.84. The Hall–Kier alpha value is -2.25. The van der Waals surface area contributed by atoms with Crippen LogP contribution in [0.1, 0.15) is 24.2 Å². The van der Waals surface area contributed by atoms with Crippen molar-refractivity contribution in [2.45, 2.75) is 38.1 Å². The van der Waals surface area contributed by atoms with Crippen molar-refractivity contribution >= 4 is 5.82 Å². The first kappa shape index (κ1) is 17.2. The smallest absolute Gasteiger partial charge is 0.218 e. The summed E-state index contributed by atoms with van der Waals surface area (Å²) in [4.78, 5) is 15.1. The van der Waals surface area contributed by atoms with Gasteiger partial charge in [0.2, 0.25) is 5.88 Å². The van der Waals surface area contributed by atoms with Crippen LogP contribution < -0.4 is 9.64 Å². The fourth-order valence-electron chi connectivity index (χ4n) is 3.65. The lowest BCUT2D eigenvalue weighted by Gasteiger charge is -2.53. The minimum Gasteiger partial charge on any atom is -0.481 e. The van der Waals surface area contributed by atoms with Gasteiger partial charge in [-0.25, -0.2) is 9.97 Å². The molecule has 0 unspecified atom stereocenters. The van der Waals surface area contributed by atoms with Crippen molar-refractivity contribution < 1.29 is 14.2 Å². The van der Waals surface area contributed by atoms with Crippen molar-refractivity contribution in [1.82, 2.24) is 15.0 Å². The van der Waals surface area contributed by atoms with E-state index in [2.05, 4.69) is 19.9 Å². The van der Waals surface area contributed by atoms with Crippen LogP contribution in [0.25, 0.3) is 0 Å². The van der Waals surface area contributed by atoms with E-state index < -0.39 is 0 Å². The summed E-state index contributed by atoms with van der Waals surface area (Å²) in [6, 6.07) is 7.88. The summed E-state index contributed by atoms with van der Waals surface area (Å²) >= 11 is 0. The van der Waals surface area contributed by atoms with Crippen molar-refractivity contribution in [3.8, 4) is 5.88 Å². The molecule has 0 N–H and O–H groups in total. The van der Waals surface area contributed by atoms with Gasteiger partial charge in [-0.2, -0.15) is 0 Å². The van der Waals surface area contributed by atoms with Gasteiger partial charge in [-0.05, 0) is 25.5 Å². The van der Waals surface area contributed by atoms with Gasteiger partial charge in [0.05, 0.1) is 38.6 Å². The van der Waals surface area contributed by atoms with Crippen LogP contribution in [0.2, 0.25) is 0 Å². The molecule has 0 aliphatic carbocycles. The van der Waals surface area contributed by atoms with E-state index in [1.54, 1.807) is 7.11 Å². The summed E-state index contributed by atoms with van der Waals surface area (Å²) in [6.45, 7) is 4.91. The third-order valence-electron chi connectivity index (χ3n) is 4.98. The molecule has 2 fully saturated rings. The van der Waals surface area contributed by atoms with Gasteiger partial charge in [0, 0.05) is 24.8 Å². The zero-order chi connectivity index (χ0) is 18.0. The van der Waals surface area contributed by atoms with Crippen LogP contribution in [0.15, 0.2) is 30.6 Å². The zero-order valence-corrected chi connectivity index (χ0v) is 15.2. The number of nitrogens with zero attached hydrogens (tertiary/aromatic N) is 4. The second kappa shape index (κ2) is 7.17. The molecule has 4 rings (SSSR count). The molecule has 1 atom stereocenters. The Morgan fingerprint density at radius 2 is 2.19 bits per heavy atom. The molecule has 0 bridgehead atoms. The monoisotopic (exact) mass is 356 g/mol. The standard InChI is InChI=1S/C19H24N4O3/c1-14-4-3-5-15(22-14)10-25-16-6-7-26-19(9-16)11-23(12-19)17-8-18(24-2)21-13-20-17/h3-5,8,13,16H,6-7,9-12H2,1-2H3/t16-/m1/s1. The molecule has 7 nitrogen and oxygen atoms in total. The molecule has 26 heavy (non-hydrogen) atoms. The zero-order valence-electron chi connectivity index (χ0n) is 15.2. The quantitative estimate of drug-likeness (QED) is 0.813. The van der Waals surface area contributed by atoms with Crippen molar-refractivity contribution in [3.05, 3.63) is 42.0 Å². The largest absolute Gasteiger partial charge is 0.481 e. The topological polar surface area (TPSA) is 69.6 Å². The highest BCUT2D eigenvalue weighted by atomic mass is 16.5. The van der Waals surface area contributed by atoms with Crippen molar-refractivity contribution in [2.75, 3.05) is 31.7 Å². The normalized spacial score (nSPS) is 21.5. The minimum atomic E-state index is -0.138. The van der Waals surface area contributed by atoms with Gasteiger partial charge in [0.15, 0.2) is 0 Å². The molecule has 2 aliphatic heterocycles. The Bertz CT molecular complexity index is 764. The molecule has 0 amide bonds. The van der Waals surface area contributed by atoms with E-state index in [1.165, 1.54) is 6.33 Å². The van der Waals surface area contributed by atoms with E-state index in [-0.39, 0.29) is 11.7 Å². The molecule has 4 heterocycles. The average Bonchev–Trinajstić information content (AvgIpc) is 2.65. The summed E-state index contributed by atoms with van der Waals surface area (Å²) in [6.07, 6.45) is 3.56. The number of anilines is 1. The van der Waals surface area contributed by atoms with Gasteiger partial charge in [-0.15, -0.1) is 0 Å². The number of aromatic nitrogens is 3. The van der Waals surface area contributed by atoms with E-state index in [0.717, 1.165) is 49.7 Å². The van der Waals surface area contributed by atoms with Gasteiger partial charge in [0.25, 0.3) is 0 Å². The highest BCUT2D eigenvalue weighted by Crippen LogP contribution is 2.37. The van der Waals surface area contributed by atoms with Crippen molar-refractivity contribution in [3.63, 3.8) is 0 Å². The third kappa shape index (κ3) is 3.64. The number of rotatable bonds is 5. The van der Waals surface area contributed by atoms with Crippen molar-refractivity contribution in [1.29, 1.82) is 0 Å². The number of hydrogen-bond acceptors (Lipinski definition) is 7. The number of aryl methyl sites for hydroxylation is 1. The number of hydrogen-bond donors (Lipinski definition) is 0. The Morgan fingerprint density at radius 3 is 3.00 bits per heavy atom. The fourth-order valence-corrected chi connectivity index (χ4v) is 3.65. The summed E-state index contributed by atoms with van der Waals surface area (Å²) < 4.78 is 17.4. The molecule has 2 saturated heterocycles. The number of methoxy groups -OCH3 is 1. The Morgan fingerprint density at radius 1 is 1.31 bits per heavy atom.